The highest BCUT2D eigenvalue weighted by Gasteiger charge is 2.18. The predicted octanol–water partition coefficient (Wildman–Crippen LogP) is 1.67. The average Bonchev–Trinajstić information content (AvgIpc) is 2.40. The molecule has 7 heteroatoms. The second kappa shape index (κ2) is 7.44. The van der Waals surface area contributed by atoms with Crippen molar-refractivity contribution in [3.63, 3.8) is 0 Å². The second-order valence-corrected chi connectivity index (χ2v) is 4.26. The minimum absolute atomic E-state index is 0.0590. The molecule has 0 aliphatic rings. The Morgan fingerprint density at radius 2 is 2.20 bits per heavy atom. The molecule has 1 unspecified atom stereocenters. The molecule has 0 aliphatic heterocycles. The molecule has 1 aromatic heterocycles. The molecule has 0 saturated heterocycles. The Kier molecular flexibility index (Phi) is 5.92. The van der Waals surface area contributed by atoms with Crippen LogP contribution in [0.1, 0.15) is 24.3 Å². The molecular formula is C13H19N3O4. The molecule has 1 aromatic rings. The van der Waals surface area contributed by atoms with Crippen molar-refractivity contribution in [2.45, 2.75) is 19.9 Å². The van der Waals surface area contributed by atoms with Gasteiger partial charge in [-0.25, -0.2) is 14.6 Å². The van der Waals surface area contributed by atoms with E-state index in [-0.39, 0.29) is 17.8 Å². The van der Waals surface area contributed by atoms with E-state index in [1.54, 1.807) is 12.0 Å². The number of carbonyl (C=O) groups excluding carboxylic acids is 1. The van der Waals surface area contributed by atoms with Gasteiger partial charge in [0, 0.05) is 13.7 Å². The first-order valence-corrected chi connectivity index (χ1v) is 6.25. The van der Waals surface area contributed by atoms with E-state index in [9.17, 15) is 9.59 Å². The fourth-order valence-corrected chi connectivity index (χ4v) is 1.78. The predicted molar refractivity (Wildman–Crippen MR) is 73.9 cm³/mol. The number of aromatic carboxylic acids is 1. The molecule has 0 spiro atoms. The standard InChI is InChI=1S/C13H19N3O4/c1-4-16(9(2)8-20-3)13(19)15-10-5-6-11(12(17)18)14-7-10/h5-7,9H,4,8H2,1-3H3,(H,15,19)(H,17,18). The summed E-state index contributed by atoms with van der Waals surface area (Å²) in [5.74, 6) is -1.10. The number of hydrogen-bond acceptors (Lipinski definition) is 4. The number of urea groups is 1. The quantitative estimate of drug-likeness (QED) is 0.827. The molecule has 1 rings (SSSR count). The maximum Gasteiger partial charge on any atom is 0.354 e. The summed E-state index contributed by atoms with van der Waals surface area (Å²) >= 11 is 0. The molecule has 0 aliphatic carbocycles. The van der Waals surface area contributed by atoms with E-state index in [4.69, 9.17) is 9.84 Å². The number of carboxylic acids is 1. The van der Waals surface area contributed by atoms with E-state index >= 15 is 0 Å². The normalized spacial score (nSPS) is 11.8. The van der Waals surface area contributed by atoms with Crippen molar-refractivity contribution in [3.8, 4) is 0 Å². The minimum Gasteiger partial charge on any atom is -0.477 e. The van der Waals surface area contributed by atoms with E-state index in [0.29, 0.717) is 18.8 Å². The Morgan fingerprint density at radius 1 is 1.50 bits per heavy atom. The largest absolute Gasteiger partial charge is 0.477 e. The number of aromatic nitrogens is 1. The lowest BCUT2D eigenvalue weighted by Gasteiger charge is -2.27. The summed E-state index contributed by atoms with van der Waals surface area (Å²) in [6.07, 6.45) is 1.32. The number of likely N-dealkylation sites (N-methyl/N-ethyl adjacent to an activating group) is 1. The van der Waals surface area contributed by atoms with E-state index < -0.39 is 5.97 Å². The highest BCUT2D eigenvalue weighted by atomic mass is 16.5. The number of methoxy groups -OCH3 is 1. The van der Waals surface area contributed by atoms with Gasteiger partial charge in [0.05, 0.1) is 24.5 Å². The number of amides is 2. The number of hydrogen-bond donors (Lipinski definition) is 2. The summed E-state index contributed by atoms with van der Waals surface area (Å²) in [6.45, 7) is 4.74. The second-order valence-electron chi connectivity index (χ2n) is 4.26. The summed E-state index contributed by atoms with van der Waals surface area (Å²) in [4.78, 5) is 28.1. The molecule has 7 nitrogen and oxygen atoms in total. The summed E-state index contributed by atoms with van der Waals surface area (Å²) in [7, 11) is 1.58. The van der Waals surface area contributed by atoms with Gasteiger partial charge < -0.3 is 20.1 Å². The van der Waals surface area contributed by atoms with Crippen molar-refractivity contribution in [1.82, 2.24) is 9.88 Å². The van der Waals surface area contributed by atoms with Crippen LogP contribution in [0.4, 0.5) is 10.5 Å². The molecule has 0 saturated carbocycles. The van der Waals surface area contributed by atoms with Crippen LogP contribution in [-0.4, -0.2) is 53.3 Å². The van der Waals surface area contributed by atoms with Gasteiger partial charge >= 0.3 is 12.0 Å². The molecule has 20 heavy (non-hydrogen) atoms. The molecular weight excluding hydrogens is 262 g/mol. The third-order valence-corrected chi connectivity index (χ3v) is 2.78. The zero-order valence-electron chi connectivity index (χ0n) is 11.8. The van der Waals surface area contributed by atoms with Gasteiger partial charge in [-0.15, -0.1) is 0 Å². The van der Waals surface area contributed by atoms with Crippen molar-refractivity contribution in [1.29, 1.82) is 0 Å². The Balaban J connectivity index is 2.70. The average molecular weight is 281 g/mol. The molecule has 1 heterocycles. The van der Waals surface area contributed by atoms with Crippen LogP contribution in [0.15, 0.2) is 18.3 Å². The Labute approximate surface area is 117 Å². The third-order valence-electron chi connectivity index (χ3n) is 2.78. The zero-order valence-corrected chi connectivity index (χ0v) is 11.8. The lowest BCUT2D eigenvalue weighted by atomic mass is 10.3. The molecule has 0 bridgehead atoms. The number of rotatable bonds is 6. The molecule has 1 atom stereocenters. The monoisotopic (exact) mass is 281 g/mol. The lowest BCUT2D eigenvalue weighted by Crippen LogP contribution is -2.43. The maximum atomic E-state index is 12.1. The Hall–Kier alpha value is -2.15. The van der Waals surface area contributed by atoms with Gasteiger partial charge in [0.2, 0.25) is 0 Å². The van der Waals surface area contributed by atoms with E-state index in [0.717, 1.165) is 0 Å². The van der Waals surface area contributed by atoms with Crippen LogP contribution in [-0.2, 0) is 4.74 Å². The van der Waals surface area contributed by atoms with Gasteiger partial charge in [0.1, 0.15) is 5.69 Å². The first-order valence-electron chi connectivity index (χ1n) is 6.25. The lowest BCUT2D eigenvalue weighted by molar-refractivity contribution is 0.0690. The first-order chi connectivity index (χ1) is 9.49. The molecule has 0 aromatic carbocycles. The number of carbonyl (C=O) groups is 2. The van der Waals surface area contributed by atoms with Gasteiger partial charge in [-0.3, -0.25) is 0 Å². The number of ether oxygens (including phenoxy) is 1. The fourth-order valence-electron chi connectivity index (χ4n) is 1.78. The van der Waals surface area contributed by atoms with Gasteiger partial charge in [-0.1, -0.05) is 0 Å². The number of pyridine rings is 1. The summed E-state index contributed by atoms with van der Waals surface area (Å²) in [6, 6.07) is 2.51. The highest BCUT2D eigenvalue weighted by Crippen LogP contribution is 2.09. The zero-order chi connectivity index (χ0) is 15.1. The summed E-state index contributed by atoms with van der Waals surface area (Å²) in [5, 5.41) is 11.4. The molecule has 0 fully saturated rings. The highest BCUT2D eigenvalue weighted by molar-refractivity contribution is 5.90. The smallest absolute Gasteiger partial charge is 0.354 e. The SMILES string of the molecule is CCN(C(=O)Nc1ccc(C(=O)O)nc1)C(C)COC. The number of nitrogens with one attached hydrogen (secondary N) is 1. The topological polar surface area (TPSA) is 91.8 Å². The molecule has 110 valence electrons. The van der Waals surface area contributed by atoms with Crippen LogP contribution in [0.2, 0.25) is 0 Å². The van der Waals surface area contributed by atoms with Crippen LogP contribution in [0.3, 0.4) is 0 Å². The Bertz CT molecular complexity index is 461. The molecule has 2 N–H and O–H groups in total. The van der Waals surface area contributed by atoms with Gasteiger partial charge in [-0.05, 0) is 26.0 Å². The van der Waals surface area contributed by atoms with Crippen molar-refractivity contribution in [2.24, 2.45) is 0 Å². The van der Waals surface area contributed by atoms with Gasteiger partial charge in [0.25, 0.3) is 0 Å². The van der Waals surface area contributed by atoms with Crippen LogP contribution in [0.25, 0.3) is 0 Å². The van der Waals surface area contributed by atoms with Crippen molar-refractivity contribution >= 4 is 17.7 Å². The maximum absolute atomic E-state index is 12.1. The van der Waals surface area contributed by atoms with Gasteiger partial charge in [-0.2, -0.15) is 0 Å². The van der Waals surface area contributed by atoms with Crippen LogP contribution >= 0.6 is 0 Å². The number of carboxylic acid groups (broad SMARTS) is 1. The summed E-state index contributed by atoms with van der Waals surface area (Å²) < 4.78 is 5.03. The van der Waals surface area contributed by atoms with Crippen LogP contribution in [0, 0.1) is 0 Å². The fraction of sp³-hybridized carbons (Fsp3) is 0.462. The van der Waals surface area contributed by atoms with Crippen LogP contribution in [0.5, 0.6) is 0 Å². The number of anilines is 1. The summed E-state index contributed by atoms with van der Waals surface area (Å²) in [5.41, 5.74) is 0.381. The minimum atomic E-state index is -1.10. The third kappa shape index (κ3) is 4.20. The Morgan fingerprint density at radius 3 is 2.65 bits per heavy atom. The first kappa shape index (κ1) is 15.9. The van der Waals surface area contributed by atoms with E-state index in [2.05, 4.69) is 10.3 Å². The van der Waals surface area contributed by atoms with Crippen LogP contribution < -0.4 is 5.32 Å². The van der Waals surface area contributed by atoms with E-state index in [1.807, 2.05) is 13.8 Å². The van der Waals surface area contributed by atoms with Gasteiger partial charge in [0.15, 0.2) is 0 Å². The molecule has 2 amide bonds. The van der Waals surface area contributed by atoms with Crippen molar-refractivity contribution in [2.75, 3.05) is 25.6 Å². The van der Waals surface area contributed by atoms with Crippen molar-refractivity contribution in [3.05, 3.63) is 24.0 Å². The van der Waals surface area contributed by atoms with Crippen molar-refractivity contribution < 1.29 is 19.4 Å². The number of nitrogens with zero attached hydrogens (tertiary/aromatic N) is 2. The molecule has 0 radical (unpaired) electrons. The van der Waals surface area contributed by atoms with E-state index in [1.165, 1.54) is 18.3 Å².